The molecule has 0 spiro atoms. The number of primary amides is 1. The Balaban J connectivity index is 1.94. The molecule has 2 aliphatic rings. The molecule has 1 aliphatic carbocycles. The van der Waals surface area contributed by atoms with E-state index in [4.69, 9.17) is 10.5 Å². The highest BCUT2D eigenvalue weighted by Crippen LogP contribution is 2.54. The van der Waals surface area contributed by atoms with Gasteiger partial charge in [0.25, 0.3) is 0 Å². The number of ether oxygens (including phenoxy) is 1. The van der Waals surface area contributed by atoms with Crippen LogP contribution in [0.5, 0.6) is 0 Å². The Bertz CT molecular complexity index is 420. The van der Waals surface area contributed by atoms with E-state index in [1.165, 1.54) is 0 Å². The van der Waals surface area contributed by atoms with Crippen molar-refractivity contribution in [3.8, 4) is 0 Å². The second-order valence-electron chi connectivity index (χ2n) is 6.42. The van der Waals surface area contributed by atoms with E-state index in [9.17, 15) is 9.59 Å². The fourth-order valence-electron chi connectivity index (χ4n) is 4.08. The van der Waals surface area contributed by atoms with E-state index in [2.05, 4.69) is 26.1 Å². The van der Waals surface area contributed by atoms with Crippen molar-refractivity contribution in [1.82, 2.24) is 5.32 Å². The summed E-state index contributed by atoms with van der Waals surface area (Å²) in [6.45, 7) is 6.89. The minimum atomic E-state index is -0.350. The van der Waals surface area contributed by atoms with Crippen molar-refractivity contribution in [2.75, 3.05) is 6.54 Å². The first-order chi connectivity index (χ1) is 9.95. The van der Waals surface area contributed by atoms with Gasteiger partial charge in [0.2, 0.25) is 11.8 Å². The summed E-state index contributed by atoms with van der Waals surface area (Å²) in [6.07, 6.45) is 5.19. The number of rotatable bonds is 7. The molecule has 1 heterocycles. The van der Waals surface area contributed by atoms with Crippen LogP contribution in [0, 0.1) is 11.8 Å². The Morgan fingerprint density at radius 3 is 2.14 bits per heavy atom. The number of epoxide rings is 1. The van der Waals surface area contributed by atoms with Crippen molar-refractivity contribution < 1.29 is 14.3 Å². The molecule has 2 fully saturated rings. The normalized spacial score (nSPS) is 33.7. The molecule has 5 heteroatoms. The van der Waals surface area contributed by atoms with Crippen LogP contribution in [0.3, 0.4) is 0 Å². The standard InChI is InChI=1S/C16H28N2O3/c1-4-15(5-2)16(6-3,21-15)10-18-14(20)12-9-7-8-11(12)13(17)19/h11-12H,4-10H2,1-3H3,(H2,17,19)(H,18,20). The van der Waals surface area contributed by atoms with Crippen LogP contribution < -0.4 is 11.1 Å². The number of hydrogen-bond donors (Lipinski definition) is 2. The molecule has 5 nitrogen and oxygen atoms in total. The van der Waals surface area contributed by atoms with E-state index in [1.807, 2.05) is 0 Å². The molecule has 1 saturated heterocycles. The minimum Gasteiger partial charge on any atom is -0.369 e. The van der Waals surface area contributed by atoms with Gasteiger partial charge in [-0.15, -0.1) is 0 Å². The van der Waals surface area contributed by atoms with Crippen molar-refractivity contribution in [1.29, 1.82) is 0 Å². The average molecular weight is 296 g/mol. The maximum atomic E-state index is 12.4. The van der Waals surface area contributed by atoms with Gasteiger partial charge in [0.05, 0.1) is 5.60 Å². The smallest absolute Gasteiger partial charge is 0.224 e. The van der Waals surface area contributed by atoms with Crippen molar-refractivity contribution in [2.45, 2.75) is 70.5 Å². The third-order valence-corrected chi connectivity index (χ3v) is 5.66. The van der Waals surface area contributed by atoms with Gasteiger partial charge < -0.3 is 15.8 Å². The van der Waals surface area contributed by atoms with E-state index >= 15 is 0 Å². The fourth-order valence-corrected chi connectivity index (χ4v) is 4.08. The molecule has 2 amide bonds. The lowest BCUT2D eigenvalue weighted by atomic mass is 9.85. The van der Waals surface area contributed by atoms with E-state index < -0.39 is 0 Å². The first-order valence-corrected chi connectivity index (χ1v) is 8.22. The van der Waals surface area contributed by atoms with Crippen LogP contribution in [0.15, 0.2) is 0 Å². The van der Waals surface area contributed by atoms with Crippen LogP contribution in [-0.2, 0) is 14.3 Å². The molecule has 0 radical (unpaired) electrons. The number of carbonyl (C=O) groups is 2. The van der Waals surface area contributed by atoms with Gasteiger partial charge in [0.15, 0.2) is 0 Å². The molecule has 0 aromatic carbocycles. The van der Waals surface area contributed by atoms with Gasteiger partial charge in [0, 0.05) is 18.4 Å². The van der Waals surface area contributed by atoms with Gasteiger partial charge in [-0.2, -0.15) is 0 Å². The van der Waals surface area contributed by atoms with Crippen molar-refractivity contribution in [3.05, 3.63) is 0 Å². The lowest BCUT2D eigenvalue weighted by Crippen LogP contribution is -2.43. The average Bonchev–Trinajstić information content (AvgIpc) is 2.86. The zero-order valence-corrected chi connectivity index (χ0v) is 13.4. The Morgan fingerprint density at radius 1 is 1.10 bits per heavy atom. The van der Waals surface area contributed by atoms with Crippen LogP contribution in [0.25, 0.3) is 0 Å². The first kappa shape index (κ1) is 16.3. The monoisotopic (exact) mass is 296 g/mol. The topological polar surface area (TPSA) is 84.7 Å². The largest absolute Gasteiger partial charge is 0.369 e. The van der Waals surface area contributed by atoms with E-state index in [-0.39, 0.29) is 34.9 Å². The number of hydrogen-bond acceptors (Lipinski definition) is 3. The Kier molecular flexibility index (Phi) is 4.61. The van der Waals surface area contributed by atoms with Crippen LogP contribution in [0.1, 0.15) is 59.3 Å². The molecule has 0 aromatic heterocycles. The van der Waals surface area contributed by atoms with Gasteiger partial charge >= 0.3 is 0 Å². The van der Waals surface area contributed by atoms with Crippen LogP contribution in [0.4, 0.5) is 0 Å². The molecule has 2 rings (SSSR count). The third-order valence-electron chi connectivity index (χ3n) is 5.66. The van der Waals surface area contributed by atoms with E-state index in [1.54, 1.807) is 0 Å². The zero-order chi connectivity index (χ0) is 15.7. The molecule has 21 heavy (non-hydrogen) atoms. The zero-order valence-electron chi connectivity index (χ0n) is 13.4. The number of nitrogens with two attached hydrogens (primary N) is 1. The molecular weight excluding hydrogens is 268 g/mol. The summed E-state index contributed by atoms with van der Waals surface area (Å²) < 4.78 is 6.02. The maximum Gasteiger partial charge on any atom is 0.224 e. The molecule has 1 aliphatic heterocycles. The van der Waals surface area contributed by atoms with E-state index in [0.717, 1.165) is 38.5 Å². The summed E-state index contributed by atoms with van der Waals surface area (Å²) in [4.78, 5) is 23.8. The lowest BCUT2D eigenvalue weighted by Gasteiger charge is -2.20. The summed E-state index contributed by atoms with van der Waals surface area (Å²) in [7, 11) is 0. The Hall–Kier alpha value is -1.10. The SMILES string of the molecule is CCC1(CC)OC1(CC)CNC(=O)C1CCCC1C(N)=O. The predicted octanol–water partition coefficient (Wildman–Crippen LogP) is 1.74. The number of carbonyl (C=O) groups excluding carboxylic acids is 2. The van der Waals surface area contributed by atoms with Crippen LogP contribution in [-0.4, -0.2) is 29.6 Å². The third kappa shape index (κ3) is 2.68. The summed E-state index contributed by atoms with van der Waals surface area (Å²) in [6, 6.07) is 0. The molecule has 3 N–H and O–H groups in total. The number of nitrogens with one attached hydrogen (secondary N) is 1. The van der Waals surface area contributed by atoms with Gasteiger partial charge in [0.1, 0.15) is 5.60 Å². The molecule has 120 valence electrons. The number of amides is 2. The molecule has 3 unspecified atom stereocenters. The summed E-state index contributed by atoms with van der Waals surface area (Å²) in [5, 5.41) is 3.01. The summed E-state index contributed by atoms with van der Waals surface area (Å²) in [5.41, 5.74) is 5.07. The van der Waals surface area contributed by atoms with Crippen molar-refractivity contribution in [3.63, 3.8) is 0 Å². The minimum absolute atomic E-state index is 0.0410. The quantitative estimate of drug-likeness (QED) is 0.702. The highest BCUT2D eigenvalue weighted by atomic mass is 16.6. The molecule has 0 bridgehead atoms. The van der Waals surface area contributed by atoms with Crippen LogP contribution >= 0.6 is 0 Å². The summed E-state index contributed by atoms with van der Waals surface area (Å²) in [5.74, 6) is -0.949. The van der Waals surface area contributed by atoms with Crippen LogP contribution in [0.2, 0.25) is 0 Å². The first-order valence-electron chi connectivity index (χ1n) is 8.22. The van der Waals surface area contributed by atoms with Crippen molar-refractivity contribution in [2.24, 2.45) is 17.6 Å². The molecule has 3 atom stereocenters. The predicted molar refractivity (Wildman–Crippen MR) is 80.5 cm³/mol. The summed E-state index contributed by atoms with van der Waals surface area (Å²) >= 11 is 0. The lowest BCUT2D eigenvalue weighted by molar-refractivity contribution is -0.132. The Labute approximate surface area is 127 Å². The highest BCUT2D eigenvalue weighted by molar-refractivity contribution is 5.87. The Morgan fingerprint density at radius 2 is 1.67 bits per heavy atom. The molecule has 0 aromatic rings. The molecular formula is C16H28N2O3. The van der Waals surface area contributed by atoms with Gasteiger partial charge in [-0.3, -0.25) is 9.59 Å². The van der Waals surface area contributed by atoms with Crippen molar-refractivity contribution >= 4 is 11.8 Å². The fraction of sp³-hybridized carbons (Fsp3) is 0.875. The van der Waals surface area contributed by atoms with Gasteiger partial charge in [-0.05, 0) is 32.1 Å². The van der Waals surface area contributed by atoms with E-state index in [0.29, 0.717) is 6.54 Å². The second kappa shape index (κ2) is 5.95. The van der Waals surface area contributed by atoms with Gasteiger partial charge in [-0.25, -0.2) is 0 Å². The highest BCUT2D eigenvalue weighted by Gasteiger charge is 2.66. The second-order valence-corrected chi connectivity index (χ2v) is 6.42. The molecule has 1 saturated carbocycles. The van der Waals surface area contributed by atoms with Gasteiger partial charge in [-0.1, -0.05) is 27.2 Å². The maximum absolute atomic E-state index is 12.4.